The molecular formula is C19H29N3O4S. The van der Waals surface area contributed by atoms with Crippen molar-refractivity contribution >= 4 is 22.9 Å². The molecular weight excluding hydrogens is 366 g/mol. The summed E-state index contributed by atoms with van der Waals surface area (Å²) in [5.74, 6) is 0.778. The molecule has 1 aliphatic carbocycles. The number of rotatable bonds is 7. The molecule has 0 unspecified atom stereocenters. The minimum atomic E-state index is -0.0205. The molecule has 0 aromatic heterocycles. The van der Waals surface area contributed by atoms with Crippen molar-refractivity contribution in [1.29, 1.82) is 0 Å². The van der Waals surface area contributed by atoms with Crippen LogP contribution >= 0.6 is 11.8 Å². The van der Waals surface area contributed by atoms with E-state index in [1.807, 2.05) is 26.0 Å². The number of fused-ring (bicyclic) bond motifs is 1. The smallest absolute Gasteiger partial charge is 0.253 e. The van der Waals surface area contributed by atoms with Gasteiger partial charge in [0, 0.05) is 13.0 Å². The van der Waals surface area contributed by atoms with Gasteiger partial charge in [0.15, 0.2) is 5.88 Å². The Morgan fingerprint density at radius 3 is 2.78 bits per heavy atom. The molecule has 3 aliphatic rings. The maximum Gasteiger partial charge on any atom is 0.253 e. The van der Waals surface area contributed by atoms with Gasteiger partial charge in [-0.25, -0.2) is 4.99 Å². The van der Waals surface area contributed by atoms with Crippen LogP contribution < -0.4 is 10.6 Å². The van der Waals surface area contributed by atoms with Gasteiger partial charge < -0.3 is 24.8 Å². The number of nitrogens with zero attached hydrogens (tertiary/aromatic N) is 1. The van der Waals surface area contributed by atoms with E-state index in [1.165, 1.54) is 6.92 Å². The first kappa shape index (κ1) is 20.1. The van der Waals surface area contributed by atoms with Crippen LogP contribution in [0.2, 0.25) is 0 Å². The first-order chi connectivity index (χ1) is 13.0. The molecule has 27 heavy (non-hydrogen) atoms. The van der Waals surface area contributed by atoms with Crippen molar-refractivity contribution in [2.75, 3.05) is 13.2 Å². The van der Waals surface area contributed by atoms with Gasteiger partial charge in [-0.05, 0) is 63.4 Å². The lowest BCUT2D eigenvalue weighted by atomic mass is 9.95. The van der Waals surface area contributed by atoms with Crippen LogP contribution in [0.4, 0.5) is 0 Å². The van der Waals surface area contributed by atoms with E-state index in [0.717, 1.165) is 37.3 Å². The van der Waals surface area contributed by atoms with E-state index in [2.05, 4.69) is 15.6 Å². The van der Waals surface area contributed by atoms with Crippen molar-refractivity contribution in [3.8, 4) is 0 Å². The van der Waals surface area contributed by atoms with Crippen LogP contribution in [-0.4, -0.2) is 48.0 Å². The van der Waals surface area contributed by atoms with Crippen LogP contribution in [0.3, 0.4) is 0 Å². The number of dihydropyridines is 1. The zero-order chi connectivity index (χ0) is 19.2. The van der Waals surface area contributed by atoms with Crippen molar-refractivity contribution in [3.05, 3.63) is 23.7 Å². The summed E-state index contributed by atoms with van der Waals surface area (Å²) in [6.45, 7) is 6.62. The number of allylic oxidation sites excluding steroid dienone is 2. The summed E-state index contributed by atoms with van der Waals surface area (Å²) in [4.78, 5) is 15.5. The van der Waals surface area contributed by atoms with Crippen LogP contribution in [0, 0.1) is 0 Å². The fourth-order valence-corrected chi connectivity index (χ4v) is 4.32. The Kier molecular flexibility index (Phi) is 7.07. The first-order valence-electron chi connectivity index (χ1n) is 9.65. The minimum absolute atomic E-state index is 0.0205. The molecule has 150 valence electrons. The molecule has 1 fully saturated rings. The number of amides is 1. The fraction of sp³-hybridized carbons (Fsp3) is 0.684. The Morgan fingerprint density at radius 1 is 1.33 bits per heavy atom. The molecule has 0 spiro atoms. The van der Waals surface area contributed by atoms with Gasteiger partial charge in [-0.2, -0.15) is 0 Å². The second-order valence-corrected chi connectivity index (χ2v) is 8.08. The van der Waals surface area contributed by atoms with Crippen LogP contribution in [0.1, 0.15) is 46.5 Å². The largest absolute Gasteiger partial charge is 0.476 e. The van der Waals surface area contributed by atoms with E-state index in [9.17, 15) is 4.79 Å². The molecule has 2 atom stereocenters. The second kappa shape index (κ2) is 9.50. The summed E-state index contributed by atoms with van der Waals surface area (Å²) in [7, 11) is 0. The topological polar surface area (TPSA) is 81.2 Å². The molecule has 7 nitrogen and oxygen atoms in total. The van der Waals surface area contributed by atoms with Gasteiger partial charge in [0.25, 0.3) is 5.23 Å². The van der Waals surface area contributed by atoms with Gasteiger partial charge >= 0.3 is 0 Å². The summed E-state index contributed by atoms with van der Waals surface area (Å²) < 4.78 is 17.6. The van der Waals surface area contributed by atoms with Gasteiger partial charge in [0.2, 0.25) is 5.91 Å². The van der Waals surface area contributed by atoms with Crippen LogP contribution in [0.15, 0.2) is 28.7 Å². The highest BCUT2D eigenvalue weighted by molar-refractivity contribution is 8.14. The Hall–Kier alpha value is -1.67. The number of nitrogens with one attached hydrogen (secondary N) is 2. The average molecular weight is 396 g/mol. The number of aliphatic imine (C=N–C) groups is 1. The molecule has 0 radical (unpaired) electrons. The number of carbonyl (C=O) groups excluding carboxylic acids is 1. The summed E-state index contributed by atoms with van der Waals surface area (Å²) in [5, 5.41) is 7.01. The van der Waals surface area contributed by atoms with Crippen LogP contribution in [0.25, 0.3) is 0 Å². The third-order valence-electron chi connectivity index (χ3n) is 4.60. The normalized spacial score (nSPS) is 28.1. The number of carbonyl (C=O) groups is 1. The van der Waals surface area contributed by atoms with E-state index in [1.54, 1.807) is 11.8 Å². The van der Waals surface area contributed by atoms with Crippen LogP contribution in [-0.2, 0) is 19.0 Å². The van der Waals surface area contributed by atoms with E-state index < -0.39 is 0 Å². The molecule has 0 aromatic carbocycles. The molecule has 2 N–H and O–H groups in total. The van der Waals surface area contributed by atoms with Crippen molar-refractivity contribution in [1.82, 2.24) is 10.6 Å². The lowest BCUT2D eigenvalue weighted by molar-refractivity contribution is -0.120. The maximum absolute atomic E-state index is 11.0. The zero-order valence-electron chi connectivity index (χ0n) is 16.2. The highest BCUT2D eigenvalue weighted by Gasteiger charge is 2.30. The number of ether oxygens (including phenoxy) is 3. The van der Waals surface area contributed by atoms with Gasteiger partial charge in [0.05, 0.1) is 25.0 Å². The SMILES string of the molecule is CCOC1=NC2=CC=C(OC3CCC(OC[C@H](C)NC(C)=O)CC3)N[C@@H]2S1. The third-order valence-corrected chi connectivity index (χ3v) is 5.61. The van der Waals surface area contributed by atoms with Crippen molar-refractivity contribution in [3.63, 3.8) is 0 Å². The molecule has 2 heterocycles. The summed E-state index contributed by atoms with van der Waals surface area (Å²) in [6, 6.07) is 0.0433. The van der Waals surface area contributed by atoms with E-state index in [0.29, 0.717) is 18.4 Å². The molecule has 1 amide bonds. The summed E-state index contributed by atoms with van der Waals surface area (Å²) in [6.07, 6.45) is 8.26. The van der Waals surface area contributed by atoms with Crippen molar-refractivity contribution in [2.24, 2.45) is 4.99 Å². The highest BCUT2D eigenvalue weighted by atomic mass is 32.2. The molecule has 1 saturated carbocycles. The summed E-state index contributed by atoms with van der Waals surface area (Å²) >= 11 is 1.58. The molecule has 3 rings (SSSR count). The monoisotopic (exact) mass is 395 g/mol. The second-order valence-electron chi connectivity index (χ2n) is 7.03. The van der Waals surface area contributed by atoms with E-state index >= 15 is 0 Å². The van der Waals surface area contributed by atoms with Gasteiger partial charge in [-0.15, -0.1) is 0 Å². The zero-order valence-corrected chi connectivity index (χ0v) is 17.0. The minimum Gasteiger partial charge on any atom is -0.476 e. The molecule has 8 heteroatoms. The molecule has 2 aliphatic heterocycles. The first-order valence-corrected chi connectivity index (χ1v) is 10.5. The van der Waals surface area contributed by atoms with Crippen molar-refractivity contribution in [2.45, 2.75) is 70.1 Å². The lowest BCUT2D eigenvalue weighted by Gasteiger charge is -2.31. The quantitative estimate of drug-likeness (QED) is 0.690. The highest BCUT2D eigenvalue weighted by Crippen LogP contribution is 2.33. The molecule has 0 aromatic rings. The van der Waals surface area contributed by atoms with Crippen molar-refractivity contribution < 1.29 is 19.0 Å². The Bertz CT molecular complexity index is 626. The van der Waals surface area contributed by atoms with Gasteiger partial charge in [-0.1, -0.05) is 0 Å². The average Bonchev–Trinajstić information content (AvgIpc) is 3.02. The van der Waals surface area contributed by atoms with E-state index in [4.69, 9.17) is 14.2 Å². The predicted molar refractivity (Wildman–Crippen MR) is 106 cm³/mol. The molecule has 0 bridgehead atoms. The number of hydrogen-bond acceptors (Lipinski definition) is 7. The predicted octanol–water partition coefficient (Wildman–Crippen LogP) is 2.65. The Balaban J connectivity index is 1.38. The van der Waals surface area contributed by atoms with Gasteiger partial charge in [-0.3, -0.25) is 4.79 Å². The van der Waals surface area contributed by atoms with Crippen LogP contribution in [0.5, 0.6) is 0 Å². The number of hydrogen-bond donors (Lipinski definition) is 2. The summed E-state index contributed by atoms with van der Waals surface area (Å²) in [5.41, 5.74) is 0.973. The third kappa shape index (κ3) is 5.90. The number of thioether (sulfide) groups is 1. The lowest BCUT2D eigenvalue weighted by Crippen LogP contribution is -2.37. The molecule has 0 saturated heterocycles. The van der Waals surface area contributed by atoms with E-state index in [-0.39, 0.29) is 29.5 Å². The standard InChI is InChI=1S/C19H29N3O4S/c1-4-24-19-21-16-9-10-17(22-18(16)27-19)26-15-7-5-14(6-8-15)25-11-12(2)20-13(3)23/h9-10,12,14-15,18,22H,4-8,11H2,1-3H3,(H,20,23)/t12-,14?,15?,18+/m0/s1. The Morgan fingerprint density at radius 2 is 2.07 bits per heavy atom. The van der Waals surface area contributed by atoms with Gasteiger partial charge in [0.1, 0.15) is 11.5 Å². The Labute approximate surface area is 165 Å². The maximum atomic E-state index is 11.0. The fourth-order valence-electron chi connectivity index (χ4n) is 3.35.